The van der Waals surface area contributed by atoms with Gasteiger partial charge in [-0.25, -0.2) is 0 Å². The first kappa shape index (κ1) is 26.0. The Kier molecular flexibility index (Phi) is 9.88. The lowest BCUT2D eigenvalue weighted by atomic mass is 10.0. The highest BCUT2D eigenvalue weighted by Crippen LogP contribution is 2.35. The summed E-state index contributed by atoms with van der Waals surface area (Å²) in [5.74, 6) is 1.17. The van der Waals surface area contributed by atoms with Gasteiger partial charge >= 0.3 is 6.18 Å². The molecule has 6 nitrogen and oxygen atoms in total. The molecule has 10 heteroatoms. The van der Waals surface area contributed by atoms with Crippen LogP contribution in [-0.4, -0.2) is 46.4 Å². The third-order valence-corrected chi connectivity index (χ3v) is 5.06. The number of hydrogen-bond donors (Lipinski definition) is 2. The molecule has 2 aromatic rings. The van der Waals surface area contributed by atoms with Crippen molar-refractivity contribution in [2.24, 2.45) is 4.99 Å². The molecule has 0 spiro atoms. The number of morpholine rings is 1. The highest BCUT2D eigenvalue weighted by molar-refractivity contribution is 14.0. The molecule has 1 fully saturated rings. The summed E-state index contributed by atoms with van der Waals surface area (Å²) in [7, 11) is 3.18. The lowest BCUT2D eigenvalue weighted by molar-refractivity contribution is -0.138. The van der Waals surface area contributed by atoms with Crippen LogP contribution in [0.25, 0.3) is 0 Å². The van der Waals surface area contributed by atoms with Gasteiger partial charge in [0.15, 0.2) is 5.96 Å². The van der Waals surface area contributed by atoms with Crippen LogP contribution in [0.15, 0.2) is 47.5 Å². The second-order valence-electron chi connectivity index (χ2n) is 7.07. The van der Waals surface area contributed by atoms with Crippen LogP contribution >= 0.6 is 24.0 Å². The minimum atomic E-state index is -4.45. The first-order valence-electron chi connectivity index (χ1n) is 10.0. The first-order chi connectivity index (χ1) is 14.9. The molecule has 0 bridgehead atoms. The van der Waals surface area contributed by atoms with E-state index in [0.717, 1.165) is 11.3 Å². The van der Waals surface area contributed by atoms with Crippen LogP contribution in [0.4, 0.5) is 18.9 Å². The van der Waals surface area contributed by atoms with Crippen LogP contribution in [0.1, 0.15) is 16.7 Å². The summed E-state index contributed by atoms with van der Waals surface area (Å²) >= 11 is 0. The van der Waals surface area contributed by atoms with Crippen molar-refractivity contribution in [3.8, 4) is 5.75 Å². The van der Waals surface area contributed by atoms with Gasteiger partial charge in [-0.15, -0.1) is 24.0 Å². The van der Waals surface area contributed by atoms with Gasteiger partial charge in [0, 0.05) is 38.9 Å². The summed E-state index contributed by atoms with van der Waals surface area (Å²) in [6.45, 7) is 2.67. The second-order valence-corrected chi connectivity index (χ2v) is 7.07. The van der Waals surface area contributed by atoms with Gasteiger partial charge in [-0.05, 0) is 35.4 Å². The Morgan fingerprint density at radius 2 is 1.72 bits per heavy atom. The number of benzene rings is 2. The van der Waals surface area contributed by atoms with Gasteiger partial charge < -0.3 is 25.0 Å². The summed E-state index contributed by atoms with van der Waals surface area (Å²) in [5, 5.41) is 6.08. The van der Waals surface area contributed by atoms with E-state index in [1.165, 1.54) is 12.1 Å². The molecule has 0 amide bonds. The van der Waals surface area contributed by atoms with E-state index in [1.807, 2.05) is 29.2 Å². The maximum atomic E-state index is 13.7. The van der Waals surface area contributed by atoms with Crippen LogP contribution in [0, 0.1) is 0 Å². The molecule has 1 aliphatic rings. The topological polar surface area (TPSA) is 58.1 Å². The van der Waals surface area contributed by atoms with Crippen molar-refractivity contribution in [1.29, 1.82) is 0 Å². The van der Waals surface area contributed by atoms with Gasteiger partial charge in [0.1, 0.15) is 5.75 Å². The molecule has 2 aromatic carbocycles. The summed E-state index contributed by atoms with van der Waals surface area (Å²) in [5.41, 5.74) is 1.07. The first-order valence-corrected chi connectivity index (χ1v) is 10.0. The second kappa shape index (κ2) is 12.1. The Bertz CT molecular complexity index is 886. The molecule has 0 aromatic heterocycles. The zero-order chi connectivity index (χ0) is 22.3. The Hall–Kier alpha value is -2.21. The van der Waals surface area contributed by atoms with Crippen LogP contribution in [-0.2, 0) is 24.0 Å². The normalized spacial score (nSPS) is 14.5. The van der Waals surface area contributed by atoms with Crippen molar-refractivity contribution in [1.82, 2.24) is 10.6 Å². The predicted molar refractivity (Wildman–Crippen MR) is 130 cm³/mol. The molecule has 32 heavy (non-hydrogen) atoms. The molecule has 3 rings (SSSR count). The van der Waals surface area contributed by atoms with Crippen LogP contribution in [0.3, 0.4) is 0 Å². The lowest BCUT2D eigenvalue weighted by Crippen LogP contribution is -2.37. The number of methoxy groups -OCH3 is 1. The zero-order valence-corrected chi connectivity index (χ0v) is 20.4. The lowest BCUT2D eigenvalue weighted by Gasteiger charge is -2.29. The van der Waals surface area contributed by atoms with Crippen molar-refractivity contribution in [2.45, 2.75) is 19.3 Å². The van der Waals surface area contributed by atoms with E-state index < -0.39 is 11.7 Å². The van der Waals surface area contributed by atoms with Gasteiger partial charge in [-0.1, -0.05) is 18.2 Å². The summed E-state index contributed by atoms with van der Waals surface area (Å²) in [6, 6.07) is 12.0. The van der Waals surface area contributed by atoms with Gasteiger partial charge in [0.05, 0.1) is 25.9 Å². The molecule has 1 heterocycles. The molecule has 0 radical (unpaired) electrons. The van der Waals surface area contributed by atoms with Crippen LogP contribution in [0.2, 0.25) is 0 Å². The number of nitrogens with one attached hydrogen (secondary N) is 2. The monoisotopic (exact) mass is 564 g/mol. The highest BCUT2D eigenvalue weighted by Gasteiger charge is 2.34. The van der Waals surface area contributed by atoms with Gasteiger partial charge in [0.25, 0.3) is 0 Å². The van der Waals surface area contributed by atoms with Crippen molar-refractivity contribution in [3.05, 3.63) is 59.2 Å². The van der Waals surface area contributed by atoms with E-state index in [4.69, 9.17) is 9.47 Å². The average Bonchev–Trinajstić information content (AvgIpc) is 2.79. The maximum absolute atomic E-state index is 13.7. The fourth-order valence-corrected chi connectivity index (χ4v) is 3.33. The maximum Gasteiger partial charge on any atom is 0.416 e. The van der Waals surface area contributed by atoms with Crippen molar-refractivity contribution in [2.75, 3.05) is 45.4 Å². The molecule has 1 saturated heterocycles. The van der Waals surface area contributed by atoms with Gasteiger partial charge in [0.2, 0.25) is 0 Å². The Morgan fingerprint density at radius 3 is 2.31 bits per heavy atom. The molecular weight excluding hydrogens is 536 g/mol. The largest absolute Gasteiger partial charge is 0.497 e. The number of rotatable bonds is 6. The standard InChI is InChI=1S/C22H27F3N4O2.HI/c1-26-21(27-14-16-3-7-19(30-2)8-4-16)28-15-17-5-6-18(13-20(17)22(23,24)25)29-9-11-31-12-10-29;/h3-8,13H,9-12,14-15H2,1-2H3,(H2,26,27,28);1H. The molecule has 1 aliphatic heterocycles. The third kappa shape index (κ3) is 7.16. The van der Waals surface area contributed by atoms with Crippen LogP contribution in [0.5, 0.6) is 5.75 Å². The fourth-order valence-electron chi connectivity index (χ4n) is 3.33. The molecule has 0 atom stereocenters. The number of hydrogen-bond acceptors (Lipinski definition) is 4. The number of nitrogens with zero attached hydrogens (tertiary/aromatic N) is 2. The van der Waals surface area contributed by atoms with Crippen LogP contribution < -0.4 is 20.3 Å². The van der Waals surface area contributed by atoms with E-state index in [2.05, 4.69) is 15.6 Å². The third-order valence-electron chi connectivity index (χ3n) is 5.06. The molecule has 2 N–H and O–H groups in total. The highest BCUT2D eigenvalue weighted by atomic mass is 127. The van der Waals surface area contributed by atoms with E-state index in [-0.39, 0.29) is 36.1 Å². The molecule has 0 unspecified atom stereocenters. The molecule has 0 saturated carbocycles. The quantitative estimate of drug-likeness (QED) is 0.316. The number of alkyl halides is 3. The average molecular weight is 564 g/mol. The Balaban J connectivity index is 0.00000363. The number of ether oxygens (including phenoxy) is 2. The Morgan fingerprint density at radius 1 is 1.06 bits per heavy atom. The van der Waals surface area contributed by atoms with E-state index in [0.29, 0.717) is 44.5 Å². The zero-order valence-electron chi connectivity index (χ0n) is 18.0. The SMILES string of the molecule is CN=C(NCc1ccc(OC)cc1)NCc1ccc(N2CCOCC2)cc1C(F)(F)F.I. The summed E-state index contributed by atoms with van der Waals surface area (Å²) < 4.78 is 51.5. The minimum absolute atomic E-state index is 0. The summed E-state index contributed by atoms with van der Waals surface area (Å²) in [6.07, 6.45) is -4.45. The fraction of sp³-hybridized carbons (Fsp3) is 0.409. The van der Waals surface area contributed by atoms with Gasteiger partial charge in [-0.3, -0.25) is 4.99 Å². The number of aliphatic imine (C=N–C) groups is 1. The number of guanidine groups is 1. The predicted octanol–water partition coefficient (Wildman–Crippen LogP) is 4.03. The minimum Gasteiger partial charge on any atom is -0.497 e. The molecule has 0 aliphatic carbocycles. The van der Waals surface area contributed by atoms with Crippen molar-refractivity contribution in [3.63, 3.8) is 0 Å². The van der Waals surface area contributed by atoms with E-state index in [9.17, 15) is 13.2 Å². The van der Waals surface area contributed by atoms with Crippen molar-refractivity contribution >= 4 is 35.6 Å². The van der Waals surface area contributed by atoms with E-state index >= 15 is 0 Å². The van der Waals surface area contributed by atoms with E-state index in [1.54, 1.807) is 20.2 Å². The smallest absolute Gasteiger partial charge is 0.416 e. The summed E-state index contributed by atoms with van der Waals surface area (Å²) in [4.78, 5) is 6.01. The van der Waals surface area contributed by atoms with Gasteiger partial charge in [-0.2, -0.15) is 13.2 Å². The molecule has 176 valence electrons. The number of halogens is 4. The molecular formula is C22H28F3IN4O2. The Labute approximate surface area is 203 Å². The van der Waals surface area contributed by atoms with Crippen molar-refractivity contribution < 1.29 is 22.6 Å². The number of anilines is 1.